The molecule has 0 saturated carbocycles. The van der Waals surface area contributed by atoms with E-state index in [1.54, 1.807) is 6.33 Å². The van der Waals surface area contributed by atoms with Crippen LogP contribution < -0.4 is 0 Å². The van der Waals surface area contributed by atoms with Crippen LogP contribution >= 0.6 is 38.5 Å². The van der Waals surface area contributed by atoms with Gasteiger partial charge >= 0.3 is 5.97 Å². The predicted octanol–water partition coefficient (Wildman–Crippen LogP) is 2.72. The van der Waals surface area contributed by atoms with E-state index in [4.69, 9.17) is 4.74 Å². The summed E-state index contributed by atoms with van der Waals surface area (Å²) in [6, 6.07) is 1.84. The second-order valence-corrected chi connectivity index (χ2v) is 4.85. The summed E-state index contributed by atoms with van der Waals surface area (Å²) in [6.45, 7) is 0. The highest BCUT2D eigenvalue weighted by molar-refractivity contribution is 14.1. The van der Waals surface area contributed by atoms with Crippen molar-refractivity contribution in [1.29, 1.82) is 0 Å². The first kappa shape index (κ1) is 10.9. The van der Waals surface area contributed by atoms with Gasteiger partial charge in [0.25, 0.3) is 0 Å². The first-order valence-electron chi connectivity index (χ1n) is 4.04. The zero-order chi connectivity index (χ0) is 11.0. The van der Waals surface area contributed by atoms with Crippen molar-refractivity contribution in [3.8, 4) is 0 Å². The minimum Gasteiger partial charge on any atom is -0.465 e. The second kappa shape index (κ2) is 4.09. The van der Waals surface area contributed by atoms with Gasteiger partial charge in [0.05, 0.1) is 24.5 Å². The average molecular weight is 381 g/mol. The molecule has 0 aliphatic carbocycles. The Bertz CT molecular complexity index is 538. The quantitative estimate of drug-likeness (QED) is 0.611. The Morgan fingerprint density at radius 2 is 2.40 bits per heavy atom. The first-order valence-corrected chi connectivity index (χ1v) is 5.91. The number of carbonyl (C=O) groups excluding carboxylic acids is 1. The second-order valence-electron chi connectivity index (χ2n) is 2.83. The van der Waals surface area contributed by atoms with Gasteiger partial charge in [0.2, 0.25) is 0 Å². The van der Waals surface area contributed by atoms with Gasteiger partial charge in [-0.05, 0) is 44.6 Å². The third kappa shape index (κ3) is 1.76. The van der Waals surface area contributed by atoms with Crippen LogP contribution in [-0.2, 0) is 4.74 Å². The van der Waals surface area contributed by atoms with E-state index in [1.807, 2.05) is 6.07 Å². The molecule has 2 rings (SSSR count). The summed E-state index contributed by atoms with van der Waals surface area (Å²) < 4.78 is 6.41. The fourth-order valence-electron chi connectivity index (χ4n) is 1.34. The highest BCUT2D eigenvalue weighted by atomic mass is 127. The van der Waals surface area contributed by atoms with Crippen molar-refractivity contribution < 1.29 is 9.53 Å². The molecule has 0 atom stereocenters. The first-order chi connectivity index (χ1) is 7.15. The molecular weight excluding hydrogens is 375 g/mol. The smallest absolute Gasteiger partial charge is 0.341 e. The lowest BCUT2D eigenvalue weighted by Gasteiger charge is -2.04. The summed E-state index contributed by atoms with van der Waals surface area (Å²) >= 11 is 5.48. The SMILES string of the molecule is COC(=O)c1c(I)cc(Br)c2nc[nH]c12. The van der Waals surface area contributed by atoms with E-state index in [-0.39, 0.29) is 5.97 Å². The molecule has 0 aliphatic heterocycles. The van der Waals surface area contributed by atoms with Crippen LogP contribution in [0, 0.1) is 3.57 Å². The number of rotatable bonds is 1. The van der Waals surface area contributed by atoms with Crippen LogP contribution in [-0.4, -0.2) is 23.0 Å². The molecule has 1 N–H and O–H groups in total. The number of hydrogen-bond acceptors (Lipinski definition) is 3. The molecule has 0 unspecified atom stereocenters. The van der Waals surface area contributed by atoms with Crippen molar-refractivity contribution in [3.05, 3.63) is 26.0 Å². The Kier molecular flexibility index (Phi) is 2.96. The van der Waals surface area contributed by atoms with Crippen molar-refractivity contribution in [2.45, 2.75) is 0 Å². The van der Waals surface area contributed by atoms with Crippen LogP contribution in [0.4, 0.5) is 0 Å². The number of ether oxygens (including phenoxy) is 1. The Hall–Kier alpha value is -0.630. The number of nitrogens with one attached hydrogen (secondary N) is 1. The van der Waals surface area contributed by atoms with Gasteiger partial charge in [-0.25, -0.2) is 9.78 Å². The number of halogens is 2. The van der Waals surface area contributed by atoms with Gasteiger partial charge in [0, 0.05) is 8.04 Å². The Labute approximate surface area is 108 Å². The minimum absolute atomic E-state index is 0.360. The maximum Gasteiger partial charge on any atom is 0.341 e. The molecule has 0 radical (unpaired) electrons. The molecule has 2 aromatic rings. The number of benzene rings is 1. The molecule has 78 valence electrons. The van der Waals surface area contributed by atoms with Gasteiger partial charge in [-0.2, -0.15) is 0 Å². The molecule has 6 heteroatoms. The van der Waals surface area contributed by atoms with Gasteiger partial charge < -0.3 is 9.72 Å². The molecule has 15 heavy (non-hydrogen) atoms. The van der Waals surface area contributed by atoms with Crippen molar-refractivity contribution in [2.75, 3.05) is 7.11 Å². The summed E-state index contributed by atoms with van der Waals surface area (Å²) in [5.41, 5.74) is 1.95. The normalized spacial score (nSPS) is 10.6. The summed E-state index contributed by atoms with van der Waals surface area (Å²) in [4.78, 5) is 18.6. The number of aromatic amines is 1. The maximum atomic E-state index is 11.6. The molecule has 0 aliphatic rings. The molecule has 0 amide bonds. The van der Waals surface area contributed by atoms with Gasteiger partial charge in [0.1, 0.15) is 5.52 Å². The van der Waals surface area contributed by atoms with Gasteiger partial charge in [0.15, 0.2) is 0 Å². The lowest BCUT2D eigenvalue weighted by molar-refractivity contribution is 0.0601. The number of methoxy groups -OCH3 is 1. The minimum atomic E-state index is -0.360. The van der Waals surface area contributed by atoms with Crippen LogP contribution in [0.3, 0.4) is 0 Å². The van der Waals surface area contributed by atoms with E-state index in [2.05, 4.69) is 48.5 Å². The Balaban J connectivity index is 2.82. The number of esters is 1. The molecule has 1 aromatic carbocycles. The van der Waals surface area contributed by atoms with Crippen molar-refractivity contribution in [3.63, 3.8) is 0 Å². The number of aromatic nitrogens is 2. The summed E-state index contributed by atoms with van der Waals surface area (Å²) in [5, 5.41) is 0. The molecule has 0 spiro atoms. The molecule has 0 bridgehead atoms. The van der Waals surface area contributed by atoms with Crippen LogP contribution in [0.25, 0.3) is 11.0 Å². The fourth-order valence-corrected chi connectivity index (χ4v) is 3.10. The lowest BCUT2D eigenvalue weighted by Crippen LogP contribution is -2.05. The lowest BCUT2D eigenvalue weighted by atomic mass is 10.2. The van der Waals surface area contributed by atoms with Gasteiger partial charge in [-0.15, -0.1) is 0 Å². The van der Waals surface area contributed by atoms with Crippen LogP contribution in [0.15, 0.2) is 16.9 Å². The third-order valence-corrected chi connectivity index (χ3v) is 3.45. The van der Waals surface area contributed by atoms with Gasteiger partial charge in [-0.3, -0.25) is 0 Å². The molecule has 0 fully saturated rings. The van der Waals surface area contributed by atoms with Crippen molar-refractivity contribution in [1.82, 2.24) is 9.97 Å². The Morgan fingerprint density at radius 3 is 3.07 bits per heavy atom. The maximum absolute atomic E-state index is 11.6. The van der Waals surface area contributed by atoms with Crippen molar-refractivity contribution in [2.24, 2.45) is 0 Å². The number of H-pyrrole nitrogens is 1. The number of fused-ring (bicyclic) bond motifs is 1. The predicted molar refractivity (Wildman–Crippen MR) is 67.9 cm³/mol. The topological polar surface area (TPSA) is 55.0 Å². The fraction of sp³-hybridized carbons (Fsp3) is 0.111. The zero-order valence-corrected chi connectivity index (χ0v) is 11.4. The largest absolute Gasteiger partial charge is 0.465 e. The molecule has 0 saturated heterocycles. The Morgan fingerprint density at radius 1 is 1.67 bits per heavy atom. The molecule has 1 aromatic heterocycles. The van der Waals surface area contributed by atoms with E-state index >= 15 is 0 Å². The monoisotopic (exact) mass is 380 g/mol. The number of imidazole rings is 1. The highest BCUT2D eigenvalue weighted by Gasteiger charge is 2.18. The van der Waals surface area contributed by atoms with E-state index in [9.17, 15) is 4.79 Å². The summed E-state index contributed by atoms with van der Waals surface area (Å²) in [7, 11) is 1.36. The van der Waals surface area contributed by atoms with E-state index in [1.165, 1.54) is 7.11 Å². The molecule has 1 heterocycles. The van der Waals surface area contributed by atoms with E-state index < -0.39 is 0 Å². The average Bonchev–Trinajstić information content (AvgIpc) is 2.66. The molecule has 4 nitrogen and oxygen atoms in total. The van der Waals surface area contributed by atoms with Gasteiger partial charge in [-0.1, -0.05) is 0 Å². The summed E-state index contributed by atoms with van der Waals surface area (Å²) in [5.74, 6) is -0.360. The van der Waals surface area contributed by atoms with Crippen LogP contribution in [0.1, 0.15) is 10.4 Å². The van der Waals surface area contributed by atoms with Crippen LogP contribution in [0.2, 0.25) is 0 Å². The third-order valence-electron chi connectivity index (χ3n) is 2.00. The van der Waals surface area contributed by atoms with Crippen molar-refractivity contribution >= 4 is 55.5 Å². The zero-order valence-electron chi connectivity index (χ0n) is 7.67. The molecular formula is C9H6BrIN2O2. The van der Waals surface area contributed by atoms with E-state index in [0.717, 1.165) is 13.6 Å². The van der Waals surface area contributed by atoms with Crippen LogP contribution in [0.5, 0.6) is 0 Å². The highest BCUT2D eigenvalue weighted by Crippen LogP contribution is 2.28. The summed E-state index contributed by atoms with van der Waals surface area (Å²) in [6.07, 6.45) is 1.55. The number of carbonyl (C=O) groups is 1. The van der Waals surface area contributed by atoms with E-state index in [0.29, 0.717) is 11.1 Å². The number of nitrogens with zero attached hydrogens (tertiary/aromatic N) is 1. The standard InChI is InChI=1S/C9H6BrIN2O2/c1-15-9(14)6-5(11)2-4(10)7-8(6)13-3-12-7/h2-3H,1H3,(H,12,13). The number of hydrogen-bond donors (Lipinski definition) is 1.